The highest BCUT2D eigenvalue weighted by Crippen LogP contribution is 2.15. The van der Waals surface area contributed by atoms with Gasteiger partial charge in [0.15, 0.2) is 0 Å². The van der Waals surface area contributed by atoms with Gasteiger partial charge in [-0.25, -0.2) is 0 Å². The zero-order valence-electron chi connectivity index (χ0n) is 15.3. The molecule has 2 rings (SSSR count). The third-order valence-electron chi connectivity index (χ3n) is 4.29. The third-order valence-corrected chi connectivity index (χ3v) is 4.29. The van der Waals surface area contributed by atoms with Gasteiger partial charge in [0, 0.05) is 32.7 Å². The SMILES string of the molecule is COc1ccc(CN2CCN(C(=O)[C@@H](N)CC(C)C)CC2)cc1.Cl.Cl. The van der Waals surface area contributed by atoms with Crippen molar-refractivity contribution in [3.63, 3.8) is 0 Å². The molecule has 0 saturated carbocycles. The Morgan fingerprint density at radius 1 is 1.12 bits per heavy atom. The summed E-state index contributed by atoms with van der Waals surface area (Å²) in [6.45, 7) is 8.42. The van der Waals surface area contributed by atoms with Crippen molar-refractivity contribution in [1.29, 1.82) is 0 Å². The van der Waals surface area contributed by atoms with Crippen LogP contribution in [0.2, 0.25) is 0 Å². The molecular weight excluding hydrogens is 361 g/mol. The van der Waals surface area contributed by atoms with Gasteiger partial charge in [0.05, 0.1) is 13.2 Å². The van der Waals surface area contributed by atoms with Crippen LogP contribution in [-0.4, -0.2) is 55.0 Å². The first-order valence-electron chi connectivity index (χ1n) is 8.39. The van der Waals surface area contributed by atoms with Gasteiger partial charge in [-0.1, -0.05) is 26.0 Å². The number of methoxy groups -OCH3 is 1. The number of hydrogen-bond donors (Lipinski definition) is 1. The Morgan fingerprint density at radius 3 is 2.16 bits per heavy atom. The Bertz CT molecular complexity index is 504. The predicted octanol–water partition coefficient (Wildman–Crippen LogP) is 2.56. The van der Waals surface area contributed by atoms with Crippen molar-refractivity contribution in [3.8, 4) is 5.75 Å². The van der Waals surface area contributed by atoms with Crippen LogP contribution in [0.25, 0.3) is 0 Å². The normalized spacial score (nSPS) is 16.0. The summed E-state index contributed by atoms with van der Waals surface area (Å²) >= 11 is 0. The van der Waals surface area contributed by atoms with Crippen molar-refractivity contribution in [2.75, 3.05) is 33.3 Å². The predicted molar refractivity (Wildman–Crippen MR) is 107 cm³/mol. The summed E-state index contributed by atoms with van der Waals surface area (Å²) in [5.74, 6) is 1.43. The fourth-order valence-electron chi connectivity index (χ4n) is 2.96. The zero-order valence-corrected chi connectivity index (χ0v) is 16.9. The molecule has 0 unspecified atom stereocenters. The Hall–Kier alpha value is -1.01. The summed E-state index contributed by atoms with van der Waals surface area (Å²) in [5.41, 5.74) is 7.28. The van der Waals surface area contributed by atoms with E-state index in [-0.39, 0.29) is 36.8 Å². The quantitative estimate of drug-likeness (QED) is 0.809. The minimum atomic E-state index is -0.358. The van der Waals surface area contributed by atoms with Crippen LogP contribution in [0.5, 0.6) is 5.75 Å². The molecule has 1 aliphatic heterocycles. The van der Waals surface area contributed by atoms with Gasteiger partial charge in [-0.3, -0.25) is 9.69 Å². The van der Waals surface area contributed by atoms with Crippen molar-refractivity contribution in [2.45, 2.75) is 32.9 Å². The Balaban J connectivity index is 0.00000288. The molecular formula is C18H31Cl2N3O2. The van der Waals surface area contributed by atoms with Crippen LogP contribution < -0.4 is 10.5 Å². The van der Waals surface area contributed by atoms with Gasteiger partial charge in [0.2, 0.25) is 5.91 Å². The summed E-state index contributed by atoms with van der Waals surface area (Å²) in [5, 5.41) is 0. The molecule has 0 bridgehead atoms. The lowest BCUT2D eigenvalue weighted by molar-refractivity contribution is -0.134. The number of benzene rings is 1. The lowest BCUT2D eigenvalue weighted by Crippen LogP contribution is -2.53. The number of ether oxygens (including phenoxy) is 1. The van der Waals surface area contributed by atoms with Gasteiger partial charge >= 0.3 is 0 Å². The van der Waals surface area contributed by atoms with Gasteiger partial charge in [-0.15, -0.1) is 24.8 Å². The first-order valence-corrected chi connectivity index (χ1v) is 8.39. The molecule has 0 aliphatic carbocycles. The van der Waals surface area contributed by atoms with Crippen molar-refractivity contribution in [1.82, 2.24) is 9.80 Å². The topological polar surface area (TPSA) is 58.8 Å². The van der Waals surface area contributed by atoms with Crippen LogP contribution in [0.3, 0.4) is 0 Å². The molecule has 1 aromatic carbocycles. The maximum absolute atomic E-state index is 12.3. The number of piperazine rings is 1. The summed E-state index contributed by atoms with van der Waals surface area (Å²) in [6, 6.07) is 7.80. The standard InChI is InChI=1S/C18H29N3O2.2ClH/c1-14(2)12-17(19)18(22)21-10-8-20(9-11-21)13-15-4-6-16(23-3)7-5-15;;/h4-7,14,17H,8-13,19H2,1-3H3;2*1H/t17-;;/m0../s1. The molecule has 1 aromatic rings. The highest BCUT2D eigenvalue weighted by Gasteiger charge is 2.25. The molecule has 0 aromatic heterocycles. The van der Waals surface area contributed by atoms with E-state index in [4.69, 9.17) is 10.5 Å². The van der Waals surface area contributed by atoms with Crippen LogP contribution in [-0.2, 0) is 11.3 Å². The number of nitrogens with zero attached hydrogens (tertiary/aromatic N) is 2. The average Bonchev–Trinajstić information content (AvgIpc) is 2.55. The molecule has 1 saturated heterocycles. The number of carbonyl (C=O) groups excluding carboxylic acids is 1. The van der Waals surface area contributed by atoms with E-state index in [1.54, 1.807) is 7.11 Å². The van der Waals surface area contributed by atoms with Gasteiger partial charge in [-0.2, -0.15) is 0 Å². The highest BCUT2D eigenvalue weighted by molar-refractivity contribution is 5.85. The molecule has 1 amide bonds. The summed E-state index contributed by atoms with van der Waals surface area (Å²) in [6.07, 6.45) is 0.755. The van der Waals surface area contributed by atoms with E-state index >= 15 is 0 Å². The molecule has 1 aliphatic rings. The summed E-state index contributed by atoms with van der Waals surface area (Å²) in [4.78, 5) is 16.6. The largest absolute Gasteiger partial charge is 0.497 e. The molecule has 1 fully saturated rings. The maximum Gasteiger partial charge on any atom is 0.239 e. The summed E-state index contributed by atoms with van der Waals surface area (Å²) < 4.78 is 5.18. The minimum Gasteiger partial charge on any atom is -0.497 e. The van der Waals surface area contributed by atoms with E-state index in [9.17, 15) is 4.79 Å². The zero-order chi connectivity index (χ0) is 16.8. The summed E-state index contributed by atoms with van der Waals surface area (Å²) in [7, 11) is 1.68. The van der Waals surface area contributed by atoms with E-state index < -0.39 is 0 Å². The first-order chi connectivity index (χ1) is 11.0. The van der Waals surface area contributed by atoms with Crippen molar-refractivity contribution in [3.05, 3.63) is 29.8 Å². The second-order valence-corrected chi connectivity index (χ2v) is 6.69. The number of hydrogen-bond acceptors (Lipinski definition) is 4. The van der Waals surface area contributed by atoms with Gasteiger partial charge in [-0.05, 0) is 30.0 Å². The maximum atomic E-state index is 12.3. The Kier molecular flexibility index (Phi) is 11.1. The number of amides is 1. The van der Waals surface area contributed by atoms with Gasteiger partial charge < -0.3 is 15.4 Å². The molecule has 25 heavy (non-hydrogen) atoms. The Morgan fingerprint density at radius 2 is 1.68 bits per heavy atom. The molecule has 1 heterocycles. The fourth-order valence-corrected chi connectivity index (χ4v) is 2.96. The van der Waals surface area contributed by atoms with E-state index in [0.717, 1.165) is 44.9 Å². The second kappa shape index (κ2) is 11.6. The molecule has 1 atom stereocenters. The number of nitrogens with two attached hydrogens (primary N) is 1. The van der Waals surface area contributed by atoms with Crippen LogP contribution in [0, 0.1) is 5.92 Å². The molecule has 2 N–H and O–H groups in total. The van der Waals surface area contributed by atoms with E-state index in [1.807, 2.05) is 17.0 Å². The lowest BCUT2D eigenvalue weighted by atomic mass is 10.0. The highest BCUT2D eigenvalue weighted by atomic mass is 35.5. The second-order valence-electron chi connectivity index (χ2n) is 6.69. The minimum absolute atomic E-state index is 0. The molecule has 7 heteroatoms. The number of halogens is 2. The molecule has 5 nitrogen and oxygen atoms in total. The van der Waals surface area contributed by atoms with Gasteiger partial charge in [0.25, 0.3) is 0 Å². The van der Waals surface area contributed by atoms with Crippen molar-refractivity contribution < 1.29 is 9.53 Å². The smallest absolute Gasteiger partial charge is 0.239 e. The third kappa shape index (κ3) is 7.40. The van der Waals surface area contributed by atoms with Crippen LogP contribution in [0.15, 0.2) is 24.3 Å². The van der Waals surface area contributed by atoms with Crippen LogP contribution >= 0.6 is 24.8 Å². The Labute approximate surface area is 163 Å². The monoisotopic (exact) mass is 391 g/mol. The van der Waals surface area contributed by atoms with Crippen LogP contribution in [0.4, 0.5) is 0 Å². The van der Waals surface area contributed by atoms with Crippen molar-refractivity contribution >= 4 is 30.7 Å². The van der Waals surface area contributed by atoms with E-state index in [2.05, 4.69) is 30.9 Å². The van der Waals surface area contributed by atoms with E-state index in [1.165, 1.54) is 5.56 Å². The molecule has 0 radical (unpaired) electrons. The van der Waals surface area contributed by atoms with Gasteiger partial charge in [0.1, 0.15) is 5.75 Å². The lowest BCUT2D eigenvalue weighted by Gasteiger charge is -2.36. The first kappa shape index (κ1) is 24.0. The number of rotatable bonds is 6. The molecule has 0 spiro atoms. The van der Waals surface area contributed by atoms with E-state index in [0.29, 0.717) is 5.92 Å². The fraction of sp³-hybridized carbons (Fsp3) is 0.611. The van der Waals surface area contributed by atoms with Crippen LogP contribution in [0.1, 0.15) is 25.8 Å². The average molecular weight is 392 g/mol. The number of carbonyl (C=O) groups is 1. The van der Waals surface area contributed by atoms with Crippen molar-refractivity contribution in [2.24, 2.45) is 11.7 Å². The molecule has 144 valence electrons.